The van der Waals surface area contributed by atoms with E-state index in [-0.39, 0.29) is 18.2 Å². The van der Waals surface area contributed by atoms with Gasteiger partial charge in [0.2, 0.25) is 5.91 Å². The molecule has 17 heavy (non-hydrogen) atoms. The first-order valence-electron chi connectivity index (χ1n) is 5.28. The summed E-state index contributed by atoms with van der Waals surface area (Å²) in [6, 6.07) is 6.29. The highest BCUT2D eigenvalue weighted by atomic mass is 16.5. The molecule has 1 fully saturated rings. The van der Waals surface area contributed by atoms with Crippen LogP contribution in [0.4, 0.5) is 0 Å². The number of methoxy groups -OCH3 is 1. The number of carbonyl (C=O) groups excluding carboxylic acids is 1. The second kappa shape index (κ2) is 4.45. The molecule has 1 amide bonds. The Labute approximate surface area is 98.4 Å². The SMILES string of the molecule is COc1ccccc1[C@H]1CC(=O)N[C@@H]1C(=O)O. The molecule has 1 heterocycles. The molecule has 0 bridgehead atoms. The lowest BCUT2D eigenvalue weighted by Crippen LogP contribution is -2.36. The highest BCUT2D eigenvalue weighted by molar-refractivity contribution is 5.89. The van der Waals surface area contributed by atoms with Crippen LogP contribution in [0.15, 0.2) is 24.3 Å². The number of carbonyl (C=O) groups is 2. The van der Waals surface area contributed by atoms with Crippen LogP contribution in [0, 0.1) is 0 Å². The van der Waals surface area contributed by atoms with Crippen LogP contribution in [0.25, 0.3) is 0 Å². The molecule has 2 N–H and O–H groups in total. The Hall–Kier alpha value is -2.04. The quantitative estimate of drug-likeness (QED) is 0.810. The summed E-state index contributed by atoms with van der Waals surface area (Å²) >= 11 is 0. The van der Waals surface area contributed by atoms with Crippen molar-refractivity contribution in [3.8, 4) is 5.75 Å². The molecule has 2 atom stereocenters. The van der Waals surface area contributed by atoms with Crippen molar-refractivity contribution in [3.63, 3.8) is 0 Å². The number of para-hydroxylation sites is 1. The third kappa shape index (κ3) is 2.08. The first-order chi connectivity index (χ1) is 8.13. The molecule has 1 aromatic carbocycles. The molecule has 1 aliphatic rings. The summed E-state index contributed by atoms with van der Waals surface area (Å²) in [7, 11) is 1.53. The fourth-order valence-corrected chi connectivity index (χ4v) is 2.15. The van der Waals surface area contributed by atoms with Crippen molar-refractivity contribution in [1.29, 1.82) is 0 Å². The average Bonchev–Trinajstić information content (AvgIpc) is 2.71. The number of hydrogen-bond donors (Lipinski definition) is 2. The van der Waals surface area contributed by atoms with Gasteiger partial charge >= 0.3 is 5.97 Å². The van der Waals surface area contributed by atoms with Gasteiger partial charge in [0.05, 0.1) is 7.11 Å². The summed E-state index contributed by atoms with van der Waals surface area (Å²) in [6.07, 6.45) is 0.178. The normalized spacial score (nSPS) is 23.2. The second-order valence-corrected chi connectivity index (χ2v) is 3.94. The number of hydrogen-bond acceptors (Lipinski definition) is 3. The van der Waals surface area contributed by atoms with Gasteiger partial charge in [-0.2, -0.15) is 0 Å². The predicted octanol–water partition coefficient (Wildman–Crippen LogP) is 0.752. The third-order valence-electron chi connectivity index (χ3n) is 2.93. The number of rotatable bonds is 3. The first-order valence-corrected chi connectivity index (χ1v) is 5.28. The van der Waals surface area contributed by atoms with E-state index in [2.05, 4.69) is 5.32 Å². The maximum absolute atomic E-state index is 11.3. The molecule has 90 valence electrons. The Morgan fingerprint density at radius 2 is 2.18 bits per heavy atom. The minimum Gasteiger partial charge on any atom is -0.496 e. The van der Waals surface area contributed by atoms with E-state index in [0.29, 0.717) is 5.75 Å². The molecule has 1 saturated heterocycles. The molecule has 5 nitrogen and oxygen atoms in total. The molecular formula is C12H13NO4. The van der Waals surface area contributed by atoms with Crippen LogP contribution in [0.1, 0.15) is 17.9 Å². The standard InChI is InChI=1S/C12H13NO4/c1-17-9-5-3-2-4-7(9)8-6-10(14)13-11(8)12(15)16/h2-5,8,11H,6H2,1H3,(H,13,14)(H,15,16)/t8-,11+/m1/s1. The predicted molar refractivity (Wildman–Crippen MR) is 59.9 cm³/mol. The Kier molecular flexibility index (Phi) is 2.99. The van der Waals surface area contributed by atoms with Crippen molar-refractivity contribution in [1.82, 2.24) is 5.32 Å². The number of nitrogens with one attached hydrogen (secondary N) is 1. The molecule has 0 saturated carbocycles. The Balaban J connectivity index is 2.38. The largest absolute Gasteiger partial charge is 0.496 e. The zero-order chi connectivity index (χ0) is 12.4. The van der Waals surface area contributed by atoms with Crippen LogP contribution < -0.4 is 10.1 Å². The average molecular weight is 235 g/mol. The van der Waals surface area contributed by atoms with Gasteiger partial charge in [-0.1, -0.05) is 18.2 Å². The van der Waals surface area contributed by atoms with Gasteiger partial charge in [-0.05, 0) is 6.07 Å². The number of aliphatic carboxylic acids is 1. The van der Waals surface area contributed by atoms with Crippen LogP contribution in [-0.2, 0) is 9.59 Å². The molecule has 1 aliphatic heterocycles. The molecular weight excluding hydrogens is 222 g/mol. The summed E-state index contributed by atoms with van der Waals surface area (Å²) in [5.74, 6) is -1.03. The lowest BCUT2D eigenvalue weighted by Gasteiger charge is -2.17. The first kappa shape index (κ1) is 11.4. The summed E-state index contributed by atoms with van der Waals surface area (Å²) < 4.78 is 5.19. The van der Waals surface area contributed by atoms with E-state index in [0.717, 1.165) is 5.56 Å². The third-order valence-corrected chi connectivity index (χ3v) is 2.93. The van der Waals surface area contributed by atoms with Gasteiger partial charge in [-0.25, -0.2) is 4.79 Å². The number of carboxylic acids is 1. The van der Waals surface area contributed by atoms with Gasteiger partial charge in [-0.15, -0.1) is 0 Å². The topological polar surface area (TPSA) is 75.6 Å². The van der Waals surface area contributed by atoms with Crippen molar-refractivity contribution in [2.75, 3.05) is 7.11 Å². The highest BCUT2D eigenvalue weighted by Gasteiger charge is 2.39. The van der Waals surface area contributed by atoms with Crippen molar-refractivity contribution >= 4 is 11.9 Å². The Morgan fingerprint density at radius 1 is 1.47 bits per heavy atom. The van der Waals surface area contributed by atoms with Crippen LogP contribution in [0.3, 0.4) is 0 Å². The van der Waals surface area contributed by atoms with E-state index in [1.54, 1.807) is 18.2 Å². The molecule has 0 radical (unpaired) electrons. The lowest BCUT2D eigenvalue weighted by atomic mass is 9.91. The number of ether oxygens (including phenoxy) is 1. The maximum atomic E-state index is 11.3. The number of carboxylic acid groups (broad SMARTS) is 1. The highest BCUT2D eigenvalue weighted by Crippen LogP contribution is 2.34. The van der Waals surface area contributed by atoms with E-state index in [9.17, 15) is 9.59 Å². The smallest absolute Gasteiger partial charge is 0.326 e. The van der Waals surface area contributed by atoms with Gasteiger partial charge in [0, 0.05) is 17.9 Å². The molecule has 0 aliphatic carbocycles. The van der Waals surface area contributed by atoms with Gasteiger partial charge in [0.15, 0.2) is 0 Å². The fraction of sp³-hybridized carbons (Fsp3) is 0.333. The van der Waals surface area contributed by atoms with Gasteiger partial charge in [0.1, 0.15) is 11.8 Å². The van der Waals surface area contributed by atoms with E-state index < -0.39 is 12.0 Å². The van der Waals surface area contributed by atoms with Crippen molar-refractivity contribution in [3.05, 3.63) is 29.8 Å². The summed E-state index contributed by atoms with van der Waals surface area (Å²) in [5.41, 5.74) is 0.751. The van der Waals surface area contributed by atoms with Crippen LogP contribution in [0.2, 0.25) is 0 Å². The van der Waals surface area contributed by atoms with E-state index >= 15 is 0 Å². The molecule has 0 aromatic heterocycles. The number of benzene rings is 1. The lowest BCUT2D eigenvalue weighted by molar-refractivity contribution is -0.140. The number of amides is 1. The minimum atomic E-state index is -1.02. The Morgan fingerprint density at radius 3 is 2.82 bits per heavy atom. The van der Waals surface area contributed by atoms with Crippen molar-refractivity contribution < 1.29 is 19.4 Å². The van der Waals surface area contributed by atoms with E-state index in [1.165, 1.54) is 7.11 Å². The maximum Gasteiger partial charge on any atom is 0.326 e. The van der Waals surface area contributed by atoms with E-state index in [1.807, 2.05) is 6.07 Å². The van der Waals surface area contributed by atoms with E-state index in [4.69, 9.17) is 9.84 Å². The Bertz CT molecular complexity index is 458. The van der Waals surface area contributed by atoms with Gasteiger partial charge in [0.25, 0.3) is 0 Å². The zero-order valence-corrected chi connectivity index (χ0v) is 9.34. The second-order valence-electron chi connectivity index (χ2n) is 3.94. The molecule has 5 heteroatoms. The van der Waals surface area contributed by atoms with Gasteiger partial charge in [-0.3, -0.25) is 4.79 Å². The molecule has 0 unspecified atom stereocenters. The van der Waals surface area contributed by atoms with Crippen LogP contribution in [-0.4, -0.2) is 30.1 Å². The van der Waals surface area contributed by atoms with Crippen LogP contribution >= 0.6 is 0 Å². The fourth-order valence-electron chi connectivity index (χ4n) is 2.15. The van der Waals surface area contributed by atoms with Crippen LogP contribution in [0.5, 0.6) is 5.75 Å². The van der Waals surface area contributed by atoms with Crippen molar-refractivity contribution in [2.45, 2.75) is 18.4 Å². The molecule has 0 spiro atoms. The van der Waals surface area contributed by atoms with Crippen molar-refractivity contribution in [2.24, 2.45) is 0 Å². The zero-order valence-electron chi connectivity index (χ0n) is 9.34. The molecule has 2 rings (SSSR count). The van der Waals surface area contributed by atoms with Gasteiger partial charge < -0.3 is 15.2 Å². The monoisotopic (exact) mass is 235 g/mol. The minimum absolute atomic E-state index is 0.178. The summed E-state index contributed by atoms with van der Waals surface area (Å²) in [6.45, 7) is 0. The summed E-state index contributed by atoms with van der Waals surface area (Å²) in [4.78, 5) is 22.4. The summed E-state index contributed by atoms with van der Waals surface area (Å²) in [5, 5.41) is 11.5. The molecule has 1 aromatic rings.